The first-order valence-corrected chi connectivity index (χ1v) is 7.29. The van der Waals surface area contributed by atoms with Crippen molar-refractivity contribution in [3.63, 3.8) is 0 Å². The Balaban J connectivity index is 1.66. The van der Waals surface area contributed by atoms with E-state index in [0.717, 1.165) is 4.90 Å². The standard InChI is InChI=1S/C17H14FN3O3/c18-12-6-8-13(9-7-12)21-15(22)10-14(17(21)24)19-20-16(23)11-4-2-1-3-5-11/h1-9,14,19H,10H2,(H,20,23)/t14-/m0/s1. The minimum absolute atomic E-state index is 0.0920. The SMILES string of the molecule is O=C(NN[C@H]1CC(=O)N(c2ccc(F)cc2)C1=O)c1ccccc1. The van der Waals surface area contributed by atoms with Crippen molar-refractivity contribution in [2.24, 2.45) is 0 Å². The second-order valence-electron chi connectivity index (χ2n) is 5.27. The Bertz CT molecular complexity index is 777. The van der Waals surface area contributed by atoms with Crippen molar-refractivity contribution in [2.45, 2.75) is 12.5 Å². The number of hydrogen-bond donors (Lipinski definition) is 2. The Morgan fingerprint density at radius 2 is 1.71 bits per heavy atom. The average molecular weight is 327 g/mol. The molecule has 1 saturated heterocycles. The van der Waals surface area contributed by atoms with Crippen LogP contribution in [0, 0.1) is 5.82 Å². The van der Waals surface area contributed by atoms with Crippen molar-refractivity contribution >= 4 is 23.4 Å². The van der Waals surface area contributed by atoms with Gasteiger partial charge in [-0.2, -0.15) is 0 Å². The van der Waals surface area contributed by atoms with E-state index < -0.39 is 29.6 Å². The van der Waals surface area contributed by atoms with Gasteiger partial charge >= 0.3 is 0 Å². The second kappa shape index (κ2) is 6.59. The zero-order valence-electron chi connectivity index (χ0n) is 12.5. The minimum Gasteiger partial charge on any atom is -0.287 e. The third-order valence-corrected chi connectivity index (χ3v) is 3.63. The van der Waals surface area contributed by atoms with Crippen LogP contribution in [0.1, 0.15) is 16.8 Å². The molecule has 2 aromatic carbocycles. The van der Waals surface area contributed by atoms with E-state index in [4.69, 9.17) is 0 Å². The lowest BCUT2D eigenvalue weighted by Gasteiger charge is -2.16. The summed E-state index contributed by atoms with van der Waals surface area (Å²) in [6, 6.07) is 12.7. The van der Waals surface area contributed by atoms with Crippen molar-refractivity contribution < 1.29 is 18.8 Å². The average Bonchev–Trinajstić information content (AvgIpc) is 2.88. The molecule has 1 fully saturated rings. The molecule has 1 heterocycles. The molecule has 3 rings (SSSR count). The lowest BCUT2D eigenvalue weighted by atomic mass is 10.2. The third kappa shape index (κ3) is 3.16. The van der Waals surface area contributed by atoms with Gasteiger partial charge in [-0.25, -0.2) is 14.7 Å². The van der Waals surface area contributed by atoms with Crippen LogP contribution in [0.3, 0.4) is 0 Å². The first kappa shape index (κ1) is 15.8. The molecule has 122 valence electrons. The lowest BCUT2D eigenvalue weighted by molar-refractivity contribution is -0.121. The van der Waals surface area contributed by atoms with Gasteiger partial charge in [0.25, 0.3) is 11.8 Å². The van der Waals surface area contributed by atoms with Crippen LogP contribution < -0.4 is 15.8 Å². The van der Waals surface area contributed by atoms with Gasteiger partial charge in [0.2, 0.25) is 5.91 Å². The summed E-state index contributed by atoms with van der Waals surface area (Å²) in [6.07, 6.45) is -0.0920. The van der Waals surface area contributed by atoms with Crippen molar-refractivity contribution in [1.29, 1.82) is 0 Å². The molecular weight excluding hydrogens is 313 g/mol. The fourth-order valence-corrected chi connectivity index (χ4v) is 2.42. The maximum atomic E-state index is 13.0. The largest absolute Gasteiger partial charge is 0.287 e. The molecule has 1 atom stereocenters. The fraction of sp³-hybridized carbons (Fsp3) is 0.118. The smallest absolute Gasteiger partial charge is 0.265 e. The molecule has 0 bridgehead atoms. The molecule has 2 aromatic rings. The van der Waals surface area contributed by atoms with Crippen LogP contribution in [-0.2, 0) is 9.59 Å². The molecule has 1 aliphatic rings. The van der Waals surface area contributed by atoms with Crippen molar-refractivity contribution in [3.8, 4) is 0 Å². The maximum Gasteiger partial charge on any atom is 0.265 e. The molecule has 1 aliphatic heterocycles. The lowest BCUT2D eigenvalue weighted by Crippen LogP contribution is -2.48. The summed E-state index contributed by atoms with van der Waals surface area (Å²) in [5, 5.41) is 0. The molecule has 0 saturated carbocycles. The quantitative estimate of drug-likeness (QED) is 0.657. The van der Waals surface area contributed by atoms with Crippen molar-refractivity contribution in [2.75, 3.05) is 4.90 Å². The summed E-state index contributed by atoms with van der Waals surface area (Å²) in [6.45, 7) is 0. The van der Waals surface area contributed by atoms with E-state index in [1.807, 2.05) is 0 Å². The number of hydrazine groups is 1. The number of nitrogens with zero attached hydrogens (tertiary/aromatic N) is 1. The highest BCUT2D eigenvalue weighted by atomic mass is 19.1. The van der Waals surface area contributed by atoms with Crippen LogP contribution in [0.5, 0.6) is 0 Å². The molecule has 0 spiro atoms. The Labute approximate surface area is 137 Å². The topological polar surface area (TPSA) is 78.5 Å². The van der Waals surface area contributed by atoms with Gasteiger partial charge in [-0.3, -0.25) is 19.8 Å². The molecule has 7 heteroatoms. The summed E-state index contributed by atoms with van der Waals surface area (Å²) in [5.74, 6) is -1.78. The van der Waals surface area contributed by atoms with Crippen LogP contribution in [0.4, 0.5) is 10.1 Å². The summed E-state index contributed by atoms with van der Waals surface area (Å²) in [5.41, 5.74) is 5.73. The van der Waals surface area contributed by atoms with Gasteiger partial charge in [0.1, 0.15) is 11.9 Å². The molecule has 0 radical (unpaired) electrons. The first-order chi connectivity index (χ1) is 11.6. The third-order valence-electron chi connectivity index (χ3n) is 3.63. The molecule has 24 heavy (non-hydrogen) atoms. The highest BCUT2D eigenvalue weighted by Crippen LogP contribution is 2.22. The number of nitrogens with one attached hydrogen (secondary N) is 2. The number of rotatable bonds is 4. The van der Waals surface area contributed by atoms with Gasteiger partial charge in [-0.1, -0.05) is 18.2 Å². The van der Waals surface area contributed by atoms with E-state index in [0.29, 0.717) is 11.3 Å². The zero-order valence-corrected chi connectivity index (χ0v) is 12.5. The van der Waals surface area contributed by atoms with Gasteiger partial charge in [-0.15, -0.1) is 0 Å². The van der Waals surface area contributed by atoms with E-state index in [9.17, 15) is 18.8 Å². The van der Waals surface area contributed by atoms with E-state index in [1.165, 1.54) is 24.3 Å². The maximum absolute atomic E-state index is 13.0. The number of hydrogen-bond acceptors (Lipinski definition) is 4. The number of halogens is 1. The number of imide groups is 1. The van der Waals surface area contributed by atoms with Crippen LogP contribution >= 0.6 is 0 Å². The Morgan fingerprint density at radius 1 is 1.04 bits per heavy atom. The normalized spacial score (nSPS) is 17.2. The van der Waals surface area contributed by atoms with Crippen molar-refractivity contribution in [1.82, 2.24) is 10.9 Å². The molecule has 3 amide bonds. The van der Waals surface area contributed by atoms with E-state index >= 15 is 0 Å². The zero-order chi connectivity index (χ0) is 17.1. The van der Waals surface area contributed by atoms with Crippen LogP contribution in [0.2, 0.25) is 0 Å². The minimum atomic E-state index is -0.866. The van der Waals surface area contributed by atoms with E-state index in [2.05, 4.69) is 10.9 Å². The summed E-state index contributed by atoms with van der Waals surface area (Å²) < 4.78 is 13.0. The second-order valence-corrected chi connectivity index (χ2v) is 5.27. The monoisotopic (exact) mass is 327 g/mol. The Kier molecular flexibility index (Phi) is 4.35. The number of amides is 3. The van der Waals surface area contributed by atoms with Crippen LogP contribution in [-0.4, -0.2) is 23.8 Å². The number of benzene rings is 2. The van der Waals surface area contributed by atoms with Gasteiger partial charge in [0, 0.05) is 5.56 Å². The molecule has 0 unspecified atom stereocenters. The predicted molar refractivity (Wildman–Crippen MR) is 84.3 cm³/mol. The number of carbonyl (C=O) groups is 3. The van der Waals surface area contributed by atoms with Gasteiger partial charge < -0.3 is 0 Å². The Hall–Kier alpha value is -3.06. The van der Waals surface area contributed by atoms with Crippen LogP contribution in [0.25, 0.3) is 0 Å². The molecular formula is C17H14FN3O3. The summed E-state index contributed by atoms with van der Waals surface area (Å²) in [4.78, 5) is 37.3. The van der Waals surface area contributed by atoms with Gasteiger partial charge in [0.15, 0.2) is 0 Å². The highest BCUT2D eigenvalue weighted by Gasteiger charge is 2.39. The Morgan fingerprint density at radius 3 is 2.38 bits per heavy atom. The van der Waals surface area contributed by atoms with E-state index in [-0.39, 0.29) is 6.42 Å². The number of carbonyl (C=O) groups excluding carboxylic acids is 3. The fourth-order valence-electron chi connectivity index (χ4n) is 2.42. The molecule has 2 N–H and O–H groups in total. The van der Waals surface area contributed by atoms with Gasteiger partial charge in [0.05, 0.1) is 12.1 Å². The predicted octanol–water partition coefficient (Wildman–Crippen LogP) is 1.39. The summed E-state index contributed by atoms with van der Waals surface area (Å²) >= 11 is 0. The molecule has 0 aliphatic carbocycles. The van der Waals surface area contributed by atoms with Crippen molar-refractivity contribution in [3.05, 3.63) is 66.0 Å². The van der Waals surface area contributed by atoms with E-state index in [1.54, 1.807) is 30.3 Å². The molecule has 0 aromatic heterocycles. The highest BCUT2D eigenvalue weighted by molar-refractivity contribution is 6.22. The van der Waals surface area contributed by atoms with Crippen LogP contribution in [0.15, 0.2) is 54.6 Å². The number of anilines is 1. The first-order valence-electron chi connectivity index (χ1n) is 7.29. The summed E-state index contributed by atoms with van der Waals surface area (Å²) in [7, 11) is 0. The van der Waals surface area contributed by atoms with Gasteiger partial charge in [-0.05, 0) is 36.4 Å². The molecule has 6 nitrogen and oxygen atoms in total.